The summed E-state index contributed by atoms with van der Waals surface area (Å²) in [5.41, 5.74) is 1.66. The second kappa shape index (κ2) is 5.33. The summed E-state index contributed by atoms with van der Waals surface area (Å²) in [6, 6.07) is 4.97. The lowest BCUT2D eigenvalue weighted by atomic mass is 10.1. The second-order valence-electron chi connectivity index (χ2n) is 3.59. The van der Waals surface area contributed by atoms with E-state index < -0.39 is 5.97 Å². The number of nitrogens with zero attached hydrogens (tertiary/aromatic N) is 2. The highest BCUT2D eigenvalue weighted by molar-refractivity contribution is 6.36. The molecule has 2 aromatic rings. The Morgan fingerprint density at radius 1 is 1.33 bits per heavy atom. The maximum absolute atomic E-state index is 10.8. The molecular weight excluding hydrogens is 275 g/mol. The minimum Gasteiger partial charge on any atom is -0.481 e. The molecule has 0 bridgehead atoms. The third-order valence-electron chi connectivity index (χ3n) is 2.32. The largest absolute Gasteiger partial charge is 0.481 e. The first kappa shape index (κ1) is 12.8. The Balaban J connectivity index is 2.53. The molecule has 92 valence electrons. The summed E-state index contributed by atoms with van der Waals surface area (Å²) >= 11 is 11.9. The van der Waals surface area contributed by atoms with Crippen molar-refractivity contribution in [1.82, 2.24) is 9.97 Å². The zero-order chi connectivity index (χ0) is 13.1. The molecule has 6 heteroatoms. The molecule has 1 aromatic carbocycles. The third kappa shape index (κ3) is 2.78. The van der Waals surface area contributed by atoms with Crippen LogP contribution in [-0.4, -0.2) is 21.0 Å². The van der Waals surface area contributed by atoms with Gasteiger partial charge in [0.15, 0.2) is 0 Å². The highest BCUT2D eigenvalue weighted by Crippen LogP contribution is 2.30. The Hall–Kier alpha value is -1.65. The summed E-state index contributed by atoms with van der Waals surface area (Å²) in [4.78, 5) is 18.7. The number of hydrogen-bond donors (Lipinski definition) is 1. The third-order valence-corrected chi connectivity index (χ3v) is 2.86. The minimum absolute atomic E-state index is 0.158. The first-order valence-corrected chi connectivity index (χ1v) is 5.79. The van der Waals surface area contributed by atoms with Crippen LogP contribution in [-0.2, 0) is 11.2 Å². The van der Waals surface area contributed by atoms with E-state index in [4.69, 9.17) is 28.3 Å². The summed E-state index contributed by atoms with van der Waals surface area (Å²) in [6.45, 7) is 0. The maximum Gasteiger partial charge on any atom is 0.307 e. The van der Waals surface area contributed by atoms with Crippen LogP contribution in [0.25, 0.3) is 11.3 Å². The van der Waals surface area contributed by atoms with Crippen LogP contribution in [0, 0.1) is 0 Å². The molecule has 0 aliphatic rings. The van der Waals surface area contributed by atoms with Gasteiger partial charge < -0.3 is 5.11 Å². The first-order chi connectivity index (χ1) is 8.58. The van der Waals surface area contributed by atoms with E-state index in [9.17, 15) is 4.79 Å². The van der Waals surface area contributed by atoms with Crippen LogP contribution < -0.4 is 0 Å². The number of benzene rings is 1. The predicted molar refractivity (Wildman–Crippen MR) is 68.8 cm³/mol. The standard InChI is InChI=1S/C12H8Cl2N2O2/c13-8-1-2-9(10(14)4-8)12-7(3-11(17)18)5-15-6-16-12/h1-2,4-6H,3H2,(H,17,18). The van der Waals surface area contributed by atoms with Crippen LogP contribution in [0.2, 0.25) is 10.0 Å². The van der Waals surface area contributed by atoms with E-state index in [1.807, 2.05) is 0 Å². The molecule has 1 aromatic heterocycles. The molecule has 0 saturated heterocycles. The van der Waals surface area contributed by atoms with E-state index in [1.165, 1.54) is 12.5 Å². The number of hydrogen-bond acceptors (Lipinski definition) is 3. The molecule has 4 nitrogen and oxygen atoms in total. The van der Waals surface area contributed by atoms with Gasteiger partial charge in [0.25, 0.3) is 0 Å². The van der Waals surface area contributed by atoms with Gasteiger partial charge in [0.2, 0.25) is 0 Å². The Morgan fingerprint density at radius 2 is 2.11 bits per heavy atom. The van der Waals surface area contributed by atoms with Crippen LogP contribution in [0.4, 0.5) is 0 Å². The van der Waals surface area contributed by atoms with E-state index in [1.54, 1.807) is 18.2 Å². The summed E-state index contributed by atoms with van der Waals surface area (Å²) in [6.07, 6.45) is 2.67. The van der Waals surface area contributed by atoms with Crippen molar-refractivity contribution in [3.05, 3.63) is 46.3 Å². The number of carboxylic acid groups (broad SMARTS) is 1. The highest BCUT2D eigenvalue weighted by atomic mass is 35.5. The number of aliphatic carboxylic acids is 1. The zero-order valence-electron chi connectivity index (χ0n) is 9.10. The van der Waals surface area contributed by atoms with Crippen molar-refractivity contribution in [2.75, 3.05) is 0 Å². The van der Waals surface area contributed by atoms with Crippen molar-refractivity contribution in [3.8, 4) is 11.3 Å². The predicted octanol–water partition coefficient (Wildman–Crippen LogP) is 3.08. The van der Waals surface area contributed by atoms with E-state index in [2.05, 4.69) is 9.97 Å². The Bertz CT molecular complexity index is 602. The molecule has 2 rings (SSSR count). The lowest BCUT2D eigenvalue weighted by Gasteiger charge is -2.08. The number of rotatable bonds is 3. The van der Waals surface area contributed by atoms with Gasteiger partial charge >= 0.3 is 5.97 Å². The molecule has 0 aliphatic carbocycles. The van der Waals surface area contributed by atoms with Crippen molar-refractivity contribution >= 4 is 29.2 Å². The fourth-order valence-corrected chi connectivity index (χ4v) is 2.07. The Morgan fingerprint density at radius 3 is 2.78 bits per heavy atom. The van der Waals surface area contributed by atoms with Gasteiger partial charge in [0.1, 0.15) is 6.33 Å². The second-order valence-corrected chi connectivity index (χ2v) is 4.43. The molecular formula is C12H8Cl2N2O2. The molecule has 1 N–H and O–H groups in total. The average Bonchev–Trinajstić information content (AvgIpc) is 2.30. The van der Waals surface area contributed by atoms with Crippen molar-refractivity contribution in [1.29, 1.82) is 0 Å². The monoisotopic (exact) mass is 282 g/mol. The highest BCUT2D eigenvalue weighted by Gasteiger charge is 2.13. The van der Waals surface area contributed by atoms with Crippen LogP contribution in [0.1, 0.15) is 5.56 Å². The summed E-state index contributed by atoms with van der Waals surface area (Å²) in [5.74, 6) is -0.948. The van der Waals surface area contributed by atoms with Gasteiger partial charge in [0, 0.05) is 22.3 Å². The van der Waals surface area contributed by atoms with Gasteiger partial charge in [-0.2, -0.15) is 0 Å². The van der Waals surface area contributed by atoms with Crippen LogP contribution in [0.3, 0.4) is 0 Å². The zero-order valence-corrected chi connectivity index (χ0v) is 10.6. The van der Waals surface area contributed by atoms with E-state index in [-0.39, 0.29) is 6.42 Å². The number of aromatic nitrogens is 2. The normalized spacial score (nSPS) is 10.3. The van der Waals surface area contributed by atoms with Gasteiger partial charge in [-0.05, 0) is 18.2 Å². The Labute approximate surface area is 113 Å². The molecule has 18 heavy (non-hydrogen) atoms. The van der Waals surface area contributed by atoms with E-state index in [0.717, 1.165) is 0 Å². The van der Waals surface area contributed by atoms with E-state index >= 15 is 0 Å². The van der Waals surface area contributed by atoms with Crippen molar-refractivity contribution in [3.63, 3.8) is 0 Å². The Kier molecular flexibility index (Phi) is 3.79. The molecule has 0 radical (unpaired) electrons. The van der Waals surface area contributed by atoms with E-state index in [0.29, 0.717) is 26.9 Å². The summed E-state index contributed by atoms with van der Waals surface area (Å²) in [5, 5.41) is 9.78. The molecule has 0 aliphatic heterocycles. The first-order valence-electron chi connectivity index (χ1n) is 5.04. The molecule has 0 unspecified atom stereocenters. The van der Waals surface area contributed by atoms with Gasteiger partial charge in [0.05, 0.1) is 17.1 Å². The molecule has 0 saturated carbocycles. The topological polar surface area (TPSA) is 63.1 Å². The van der Waals surface area contributed by atoms with Gasteiger partial charge in [-0.1, -0.05) is 23.2 Å². The molecule has 0 fully saturated rings. The summed E-state index contributed by atoms with van der Waals surface area (Å²) < 4.78 is 0. The minimum atomic E-state index is -0.948. The quantitative estimate of drug-likeness (QED) is 0.940. The number of halogens is 2. The smallest absolute Gasteiger partial charge is 0.307 e. The lowest BCUT2D eigenvalue weighted by molar-refractivity contribution is -0.136. The average molecular weight is 283 g/mol. The molecule has 0 atom stereocenters. The lowest BCUT2D eigenvalue weighted by Crippen LogP contribution is -2.04. The molecule has 0 spiro atoms. The number of carboxylic acids is 1. The fraction of sp³-hybridized carbons (Fsp3) is 0.0833. The van der Waals surface area contributed by atoms with Crippen LogP contribution >= 0.6 is 23.2 Å². The summed E-state index contributed by atoms with van der Waals surface area (Å²) in [7, 11) is 0. The van der Waals surface area contributed by atoms with Gasteiger partial charge in [-0.3, -0.25) is 4.79 Å². The SMILES string of the molecule is O=C(O)Cc1cncnc1-c1ccc(Cl)cc1Cl. The van der Waals surface area contributed by atoms with Crippen molar-refractivity contribution < 1.29 is 9.90 Å². The maximum atomic E-state index is 10.8. The van der Waals surface area contributed by atoms with Gasteiger partial charge in [-0.15, -0.1) is 0 Å². The van der Waals surface area contributed by atoms with Crippen molar-refractivity contribution in [2.24, 2.45) is 0 Å². The molecule has 1 heterocycles. The molecule has 0 amide bonds. The van der Waals surface area contributed by atoms with Crippen molar-refractivity contribution in [2.45, 2.75) is 6.42 Å². The number of carbonyl (C=O) groups is 1. The van der Waals surface area contributed by atoms with Crippen LogP contribution in [0.5, 0.6) is 0 Å². The van der Waals surface area contributed by atoms with Gasteiger partial charge in [-0.25, -0.2) is 9.97 Å². The van der Waals surface area contributed by atoms with Crippen LogP contribution in [0.15, 0.2) is 30.7 Å². The fourth-order valence-electron chi connectivity index (χ4n) is 1.57.